The summed E-state index contributed by atoms with van der Waals surface area (Å²) in [5.41, 5.74) is 4.35. The number of hydrogen-bond acceptors (Lipinski definition) is 5. The van der Waals surface area contributed by atoms with Crippen molar-refractivity contribution in [1.29, 1.82) is 0 Å². The normalized spacial score (nSPS) is 14.8. The van der Waals surface area contributed by atoms with E-state index in [1.165, 1.54) is 16.2 Å². The fourth-order valence-corrected chi connectivity index (χ4v) is 6.29. The van der Waals surface area contributed by atoms with Gasteiger partial charge in [0.2, 0.25) is 5.91 Å². The third-order valence-electron chi connectivity index (χ3n) is 7.25. The molecule has 0 saturated heterocycles. The zero-order valence-corrected chi connectivity index (χ0v) is 22.4. The second-order valence-corrected chi connectivity index (χ2v) is 11.1. The van der Waals surface area contributed by atoms with Crippen molar-refractivity contribution in [1.82, 2.24) is 14.5 Å². The molecule has 0 bridgehead atoms. The first-order valence-corrected chi connectivity index (χ1v) is 13.7. The molecule has 3 aromatic heterocycles. The molecule has 1 fully saturated rings. The Morgan fingerprint density at radius 2 is 2.00 bits per heavy atom. The van der Waals surface area contributed by atoms with Crippen molar-refractivity contribution >= 4 is 51.0 Å². The predicted molar refractivity (Wildman–Crippen MR) is 148 cm³/mol. The molecule has 3 heterocycles. The summed E-state index contributed by atoms with van der Waals surface area (Å²) in [4.78, 5) is 35.8. The number of rotatable bonds is 8. The average Bonchev–Trinajstić information content (AvgIpc) is 3.64. The largest absolute Gasteiger partial charge is 0.481 e. The van der Waals surface area contributed by atoms with E-state index in [1.807, 2.05) is 53.7 Å². The number of hydrogen-bond donors (Lipinski definition) is 1. The maximum atomic E-state index is 13.4. The molecule has 1 amide bonds. The van der Waals surface area contributed by atoms with Crippen molar-refractivity contribution in [2.45, 2.75) is 38.5 Å². The summed E-state index contributed by atoms with van der Waals surface area (Å²) in [6, 6.07) is 9.81. The van der Waals surface area contributed by atoms with Gasteiger partial charge in [-0.25, -0.2) is 9.97 Å². The Labute approximate surface area is 224 Å². The Bertz CT molecular complexity index is 1460. The first-order chi connectivity index (χ1) is 17.8. The highest BCUT2D eigenvalue weighted by molar-refractivity contribution is 7.14. The molecule has 192 valence electrons. The summed E-state index contributed by atoms with van der Waals surface area (Å²) >= 11 is 7.74. The second-order valence-electron chi connectivity index (χ2n) is 9.85. The SMILES string of the molecule is CN(C(=O)[C@@H](CC(=O)O)CC1CCCC1)c1nc(-c2cc(Cl)ccc2-c2cnc3c(ccn3C)c2)cs1. The fourth-order valence-electron chi connectivity index (χ4n) is 5.32. The van der Waals surface area contributed by atoms with Gasteiger partial charge in [0.15, 0.2) is 5.13 Å². The van der Waals surface area contributed by atoms with Gasteiger partial charge in [-0.3, -0.25) is 14.5 Å². The standard InChI is InChI=1S/C28H29ClN4O3S/c1-32-10-9-18-12-20(15-30-26(18)32)22-8-7-21(29)14-23(22)24-16-37-28(31-24)33(2)27(36)19(13-25(34)35)11-17-5-3-4-6-17/h7-10,12,14-17,19H,3-6,11,13H2,1-2H3,(H,34,35)/t19-/m1/s1. The van der Waals surface area contributed by atoms with Gasteiger partial charge in [0.1, 0.15) is 5.65 Å². The van der Waals surface area contributed by atoms with Crippen LogP contribution in [0.15, 0.2) is 48.1 Å². The molecule has 1 N–H and O–H groups in total. The van der Waals surface area contributed by atoms with Crippen LogP contribution in [-0.4, -0.2) is 38.6 Å². The van der Waals surface area contributed by atoms with Crippen molar-refractivity contribution in [2.24, 2.45) is 18.9 Å². The second kappa shape index (κ2) is 10.6. The average molecular weight is 537 g/mol. The molecule has 5 rings (SSSR count). The van der Waals surface area contributed by atoms with Crippen LogP contribution in [0.2, 0.25) is 5.02 Å². The van der Waals surface area contributed by atoms with Gasteiger partial charge in [-0.15, -0.1) is 11.3 Å². The van der Waals surface area contributed by atoms with Crippen molar-refractivity contribution in [3.8, 4) is 22.4 Å². The maximum Gasteiger partial charge on any atom is 0.304 e. The van der Waals surface area contributed by atoms with Crippen LogP contribution in [0.4, 0.5) is 5.13 Å². The molecule has 0 radical (unpaired) electrons. The molecule has 7 nitrogen and oxygen atoms in total. The molecule has 1 aliphatic carbocycles. The van der Waals surface area contributed by atoms with E-state index in [4.69, 9.17) is 16.6 Å². The van der Waals surface area contributed by atoms with Crippen molar-refractivity contribution < 1.29 is 14.7 Å². The Hall–Kier alpha value is -3.23. The van der Waals surface area contributed by atoms with Crippen LogP contribution in [0, 0.1) is 11.8 Å². The molecular formula is C28H29ClN4O3S. The Kier molecular flexibility index (Phi) is 7.31. The molecule has 0 aliphatic heterocycles. The first-order valence-electron chi connectivity index (χ1n) is 12.5. The van der Waals surface area contributed by atoms with Crippen molar-refractivity contribution in [3.63, 3.8) is 0 Å². The summed E-state index contributed by atoms with van der Waals surface area (Å²) in [7, 11) is 3.65. The zero-order valence-electron chi connectivity index (χ0n) is 20.9. The number of carboxylic acid groups (broad SMARTS) is 1. The fraction of sp³-hybridized carbons (Fsp3) is 0.357. The molecule has 37 heavy (non-hydrogen) atoms. The van der Waals surface area contributed by atoms with E-state index in [2.05, 4.69) is 11.1 Å². The van der Waals surface area contributed by atoms with Gasteiger partial charge in [-0.05, 0) is 42.2 Å². The number of amides is 1. The maximum absolute atomic E-state index is 13.4. The minimum absolute atomic E-state index is 0.161. The molecule has 4 aromatic rings. The number of nitrogens with zero attached hydrogens (tertiary/aromatic N) is 4. The van der Waals surface area contributed by atoms with Gasteiger partial charge in [-0.1, -0.05) is 43.4 Å². The highest BCUT2D eigenvalue weighted by atomic mass is 35.5. The highest BCUT2D eigenvalue weighted by Gasteiger charge is 2.30. The minimum atomic E-state index is -0.947. The molecular weight excluding hydrogens is 508 g/mol. The summed E-state index contributed by atoms with van der Waals surface area (Å²) in [6.45, 7) is 0. The number of benzene rings is 1. The summed E-state index contributed by atoms with van der Waals surface area (Å²) in [6.07, 6.45) is 8.71. The lowest BCUT2D eigenvalue weighted by molar-refractivity contribution is -0.140. The number of halogens is 1. The number of fused-ring (bicyclic) bond motifs is 1. The number of aliphatic carboxylic acids is 1. The number of anilines is 1. The zero-order chi connectivity index (χ0) is 26.1. The summed E-state index contributed by atoms with van der Waals surface area (Å²) < 4.78 is 1.98. The molecule has 1 atom stereocenters. The molecule has 1 aromatic carbocycles. The number of pyridine rings is 1. The number of carboxylic acids is 1. The van der Waals surface area contributed by atoms with Crippen LogP contribution in [0.1, 0.15) is 38.5 Å². The number of aromatic nitrogens is 3. The lowest BCUT2D eigenvalue weighted by Crippen LogP contribution is -2.35. The van der Waals surface area contributed by atoms with Crippen LogP contribution < -0.4 is 4.90 Å². The Balaban J connectivity index is 1.44. The summed E-state index contributed by atoms with van der Waals surface area (Å²) in [5, 5.41) is 13.5. The van der Waals surface area contributed by atoms with E-state index in [0.29, 0.717) is 28.2 Å². The Morgan fingerprint density at radius 1 is 1.22 bits per heavy atom. The van der Waals surface area contributed by atoms with E-state index < -0.39 is 11.9 Å². The van der Waals surface area contributed by atoms with E-state index in [9.17, 15) is 14.7 Å². The third-order valence-corrected chi connectivity index (χ3v) is 8.40. The van der Waals surface area contributed by atoms with Gasteiger partial charge in [0.25, 0.3) is 0 Å². The van der Waals surface area contributed by atoms with Crippen LogP contribution in [0.3, 0.4) is 0 Å². The predicted octanol–water partition coefficient (Wildman–Crippen LogP) is 6.65. The lowest BCUT2D eigenvalue weighted by Gasteiger charge is -2.23. The molecule has 0 unspecified atom stereocenters. The van der Waals surface area contributed by atoms with Crippen LogP contribution in [0.5, 0.6) is 0 Å². The molecule has 1 aliphatic rings. The minimum Gasteiger partial charge on any atom is -0.481 e. The number of carbonyl (C=O) groups excluding carboxylic acids is 1. The van der Waals surface area contributed by atoms with Gasteiger partial charge < -0.3 is 9.67 Å². The molecule has 0 spiro atoms. The van der Waals surface area contributed by atoms with Crippen LogP contribution in [0.25, 0.3) is 33.4 Å². The van der Waals surface area contributed by atoms with Crippen LogP contribution in [-0.2, 0) is 16.6 Å². The Morgan fingerprint density at radius 3 is 2.76 bits per heavy atom. The van der Waals surface area contributed by atoms with Crippen LogP contribution >= 0.6 is 22.9 Å². The highest BCUT2D eigenvalue weighted by Crippen LogP contribution is 2.38. The topological polar surface area (TPSA) is 88.3 Å². The van der Waals surface area contributed by atoms with E-state index in [1.54, 1.807) is 7.05 Å². The van der Waals surface area contributed by atoms with E-state index in [-0.39, 0.29) is 12.3 Å². The number of carbonyl (C=O) groups is 2. The smallest absolute Gasteiger partial charge is 0.304 e. The van der Waals surface area contributed by atoms with Crippen molar-refractivity contribution in [2.75, 3.05) is 11.9 Å². The molecule has 1 saturated carbocycles. The van der Waals surface area contributed by atoms with Gasteiger partial charge in [0.05, 0.1) is 12.1 Å². The third kappa shape index (κ3) is 5.40. The summed E-state index contributed by atoms with van der Waals surface area (Å²) in [5.74, 6) is -1.28. The van der Waals surface area contributed by atoms with Gasteiger partial charge in [-0.2, -0.15) is 0 Å². The van der Waals surface area contributed by atoms with Gasteiger partial charge in [0, 0.05) is 59.3 Å². The number of aryl methyl sites for hydroxylation is 1. The van der Waals surface area contributed by atoms with E-state index in [0.717, 1.165) is 53.4 Å². The first kappa shape index (κ1) is 25.4. The monoisotopic (exact) mass is 536 g/mol. The van der Waals surface area contributed by atoms with E-state index >= 15 is 0 Å². The molecule has 9 heteroatoms. The lowest BCUT2D eigenvalue weighted by atomic mass is 9.90. The van der Waals surface area contributed by atoms with Crippen molar-refractivity contribution in [3.05, 3.63) is 53.1 Å². The quantitative estimate of drug-likeness (QED) is 0.272. The number of thiazole rings is 1. The van der Waals surface area contributed by atoms with Gasteiger partial charge >= 0.3 is 5.97 Å².